The van der Waals surface area contributed by atoms with Crippen LogP contribution in [0, 0.1) is 0 Å². The first kappa shape index (κ1) is 11.1. The van der Waals surface area contributed by atoms with Gasteiger partial charge >= 0.3 is 0 Å². The highest BCUT2D eigenvalue weighted by molar-refractivity contribution is 6.42. The van der Waals surface area contributed by atoms with E-state index in [-0.39, 0.29) is 10.6 Å². The quantitative estimate of drug-likeness (QED) is 0.613. The Hall–Kier alpha value is 0.0200. The van der Waals surface area contributed by atoms with Gasteiger partial charge in [-0.05, 0) is 17.0 Å². The van der Waals surface area contributed by atoms with Crippen LogP contribution in [0.25, 0.3) is 0 Å². The highest BCUT2D eigenvalue weighted by Crippen LogP contribution is 2.33. The lowest BCUT2D eigenvalue weighted by Gasteiger charge is -2.20. The Morgan fingerprint density at radius 2 is 1.62 bits per heavy atom. The van der Waals surface area contributed by atoms with Crippen molar-refractivity contribution in [3.05, 3.63) is 27.0 Å². The normalized spacial score (nSPS) is 11.8. The van der Waals surface area contributed by atoms with E-state index in [1.807, 2.05) is 20.8 Å². The summed E-state index contributed by atoms with van der Waals surface area (Å²) in [6.45, 7) is 6.13. The molecule has 1 heterocycles. The molecule has 72 valence electrons. The van der Waals surface area contributed by atoms with Gasteiger partial charge in [0.05, 0.1) is 5.02 Å². The first-order valence-electron chi connectivity index (χ1n) is 3.84. The minimum absolute atomic E-state index is 0.0711. The average Bonchev–Trinajstić information content (AvgIpc) is 1.94. The van der Waals surface area contributed by atoms with E-state index >= 15 is 0 Å². The van der Waals surface area contributed by atoms with Crippen LogP contribution >= 0.6 is 34.8 Å². The Bertz CT molecular complexity index is 328. The van der Waals surface area contributed by atoms with Crippen molar-refractivity contribution in [3.8, 4) is 0 Å². The van der Waals surface area contributed by atoms with Crippen LogP contribution < -0.4 is 0 Å². The minimum Gasteiger partial charge on any atom is -0.223 e. The molecule has 0 amide bonds. The molecule has 1 nitrogen and oxygen atoms in total. The van der Waals surface area contributed by atoms with Gasteiger partial charge in [0.25, 0.3) is 0 Å². The third-order valence-electron chi connectivity index (χ3n) is 1.69. The third kappa shape index (κ3) is 2.49. The third-order valence-corrected chi connectivity index (χ3v) is 2.66. The molecule has 0 atom stereocenters. The van der Waals surface area contributed by atoms with E-state index in [1.165, 1.54) is 0 Å². The zero-order valence-corrected chi connectivity index (χ0v) is 9.93. The molecule has 0 N–H and O–H groups in total. The number of pyridine rings is 1. The Morgan fingerprint density at radius 1 is 1.08 bits per heavy atom. The Labute approximate surface area is 93.0 Å². The molecule has 0 saturated carbocycles. The molecule has 0 fully saturated rings. The van der Waals surface area contributed by atoms with E-state index in [1.54, 1.807) is 6.07 Å². The molecule has 0 aliphatic rings. The van der Waals surface area contributed by atoms with Crippen molar-refractivity contribution in [3.63, 3.8) is 0 Å². The van der Waals surface area contributed by atoms with Gasteiger partial charge in [-0.25, -0.2) is 4.98 Å². The van der Waals surface area contributed by atoms with Crippen molar-refractivity contribution in [2.24, 2.45) is 0 Å². The highest BCUT2D eigenvalue weighted by atomic mass is 35.5. The number of halogens is 3. The van der Waals surface area contributed by atoms with Gasteiger partial charge in [0.2, 0.25) is 0 Å². The van der Waals surface area contributed by atoms with E-state index in [0.717, 1.165) is 5.56 Å². The molecule has 0 aliphatic carbocycles. The largest absolute Gasteiger partial charge is 0.223 e. The molecule has 0 aromatic carbocycles. The summed E-state index contributed by atoms with van der Waals surface area (Å²) in [6, 6.07) is 1.76. The highest BCUT2D eigenvalue weighted by Gasteiger charge is 2.19. The van der Waals surface area contributed by atoms with Crippen molar-refractivity contribution >= 4 is 34.8 Å². The lowest BCUT2D eigenvalue weighted by atomic mass is 9.88. The number of hydrogen-bond acceptors (Lipinski definition) is 1. The van der Waals surface area contributed by atoms with Crippen LogP contribution in [0.5, 0.6) is 0 Å². The number of hydrogen-bond donors (Lipinski definition) is 0. The summed E-state index contributed by atoms with van der Waals surface area (Å²) in [5.41, 5.74) is 0.835. The topological polar surface area (TPSA) is 12.9 Å². The maximum absolute atomic E-state index is 5.93. The number of aromatic nitrogens is 1. The maximum Gasteiger partial charge on any atom is 0.149 e. The van der Waals surface area contributed by atoms with E-state index in [9.17, 15) is 0 Å². The van der Waals surface area contributed by atoms with Crippen molar-refractivity contribution < 1.29 is 0 Å². The lowest BCUT2D eigenvalue weighted by Crippen LogP contribution is -2.12. The first-order valence-corrected chi connectivity index (χ1v) is 4.98. The number of rotatable bonds is 0. The summed E-state index contributed by atoms with van der Waals surface area (Å²) in [7, 11) is 0. The fourth-order valence-electron chi connectivity index (χ4n) is 0.972. The summed E-state index contributed by atoms with van der Waals surface area (Å²) in [4.78, 5) is 3.94. The van der Waals surface area contributed by atoms with Crippen LogP contribution in [0.1, 0.15) is 26.3 Å². The summed E-state index contributed by atoms with van der Waals surface area (Å²) in [5, 5.41) is 1.11. The summed E-state index contributed by atoms with van der Waals surface area (Å²) >= 11 is 17.5. The molecule has 4 heteroatoms. The monoisotopic (exact) mass is 237 g/mol. The zero-order chi connectivity index (χ0) is 10.2. The molecule has 1 rings (SSSR count). The van der Waals surface area contributed by atoms with Crippen LogP contribution in [0.4, 0.5) is 0 Å². The molecule has 1 aromatic heterocycles. The van der Waals surface area contributed by atoms with Crippen molar-refractivity contribution in [1.82, 2.24) is 4.98 Å². The van der Waals surface area contributed by atoms with Crippen LogP contribution in [-0.2, 0) is 5.41 Å². The van der Waals surface area contributed by atoms with Crippen LogP contribution in [0.15, 0.2) is 6.07 Å². The molecular weight excluding hydrogens is 228 g/mol. The summed E-state index contributed by atoms with van der Waals surface area (Å²) in [6.07, 6.45) is 0. The van der Waals surface area contributed by atoms with E-state index in [0.29, 0.717) is 10.2 Å². The summed E-state index contributed by atoms with van der Waals surface area (Å²) < 4.78 is 0. The Morgan fingerprint density at radius 3 is 2.08 bits per heavy atom. The first-order chi connectivity index (χ1) is 5.82. The molecule has 0 spiro atoms. The molecule has 0 unspecified atom stereocenters. The van der Waals surface area contributed by atoms with Crippen molar-refractivity contribution in [2.45, 2.75) is 26.2 Å². The molecule has 0 bridgehead atoms. The summed E-state index contributed by atoms with van der Waals surface area (Å²) in [5.74, 6) is 0. The predicted octanol–water partition coefficient (Wildman–Crippen LogP) is 4.34. The number of nitrogens with zero attached hydrogens (tertiary/aromatic N) is 1. The molecule has 0 aliphatic heterocycles. The predicted molar refractivity (Wildman–Crippen MR) is 58.0 cm³/mol. The van der Waals surface area contributed by atoms with Gasteiger partial charge < -0.3 is 0 Å². The van der Waals surface area contributed by atoms with Crippen LogP contribution in [-0.4, -0.2) is 4.98 Å². The smallest absolute Gasteiger partial charge is 0.149 e. The van der Waals surface area contributed by atoms with Gasteiger partial charge in [0.15, 0.2) is 0 Å². The molecular formula is C9H10Cl3N. The molecule has 13 heavy (non-hydrogen) atoms. The van der Waals surface area contributed by atoms with Gasteiger partial charge in [0.1, 0.15) is 10.3 Å². The minimum atomic E-state index is -0.0711. The SMILES string of the molecule is CC(C)(C)c1cc(Cl)c(Cl)nc1Cl. The van der Waals surface area contributed by atoms with Gasteiger partial charge in [-0.15, -0.1) is 0 Å². The van der Waals surface area contributed by atoms with Gasteiger partial charge in [-0.1, -0.05) is 55.6 Å². The van der Waals surface area contributed by atoms with E-state index < -0.39 is 0 Å². The van der Waals surface area contributed by atoms with Gasteiger partial charge in [0, 0.05) is 0 Å². The van der Waals surface area contributed by atoms with Crippen LogP contribution in [0.3, 0.4) is 0 Å². The molecule has 0 saturated heterocycles. The average molecular weight is 239 g/mol. The van der Waals surface area contributed by atoms with Crippen molar-refractivity contribution in [1.29, 1.82) is 0 Å². The van der Waals surface area contributed by atoms with Gasteiger partial charge in [-0.3, -0.25) is 0 Å². The zero-order valence-electron chi connectivity index (χ0n) is 7.66. The molecule has 1 aromatic rings. The van der Waals surface area contributed by atoms with Crippen LogP contribution in [0.2, 0.25) is 15.3 Å². The van der Waals surface area contributed by atoms with Crippen molar-refractivity contribution in [2.75, 3.05) is 0 Å². The lowest BCUT2D eigenvalue weighted by molar-refractivity contribution is 0.588. The molecule has 0 radical (unpaired) electrons. The second-order valence-electron chi connectivity index (χ2n) is 3.85. The standard InChI is InChI=1S/C9H10Cl3N/c1-9(2,3)5-4-6(10)8(12)13-7(5)11/h4H,1-3H3. The fourth-order valence-corrected chi connectivity index (χ4v) is 1.73. The van der Waals surface area contributed by atoms with E-state index in [4.69, 9.17) is 34.8 Å². The Balaban J connectivity index is 3.32. The fraction of sp³-hybridized carbons (Fsp3) is 0.444. The second kappa shape index (κ2) is 3.64. The Kier molecular flexibility index (Phi) is 3.11. The maximum atomic E-state index is 5.93. The van der Waals surface area contributed by atoms with Gasteiger partial charge in [-0.2, -0.15) is 0 Å². The van der Waals surface area contributed by atoms with E-state index in [2.05, 4.69) is 4.98 Å². The second-order valence-corrected chi connectivity index (χ2v) is 4.97.